The van der Waals surface area contributed by atoms with Crippen LogP contribution in [0.4, 0.5) is 0 Å². The molecule has 1 aliphatic heterocycles. The number of fused-ring (bicyclic) bond motifs is 1. The molecule has 1 aliphatic rings. The zero-order valence-electron chi connectivity index (χ0n) is 11.6. The van der Waals surface area contributed by atoms with Gasteiger partial charge >= 0.3 is 5.69 Å². The van der Waals surface area contributed by atoms with E-state index in [1.807, 2.05) is 24.4 Å². The maximum atomic E-state index is 11.0. The minimum absolute atomic E-state index is 0.325. The van der Waals surface area contributed by atoms with Crippen LogP contribution < -0.4 is 15.2 Å². The number of aromatic nitrogens is 5. The van der Waals surface area contributed by atoms with Gasteiger partial charge in [0.15, 0.2) is 17.3 Å². The van der Waals surface area contributed by atoms with Crippen molar-refractivity contribution in [3.05, 3.63) is 46.9 Å². The molecule has 0 saturated heterocycles. The molecular formula is C14H13N5O3. The molecule has 0 atom stereocenters. The summed E-state index contributed by atoms with van der Waals surface area (Å²) in [5, 5.41) is 10.5. The predicted octanol–water partition coefficient (Wildman–Crippen LogP) is 0.781. The Morgan fingerprint density at radius 3 is 2.86 bits per heavy atom. The van der Waals surface area contributed by atoms with E-state index in [-0.39, 0.29) is 5.69 Å². The summed E-state index contributed by atoms with van der Waals surface area (Å²) in [6.45, 7) is 1.53. The lowest BCUT2D eigenvalue weighted by Crippen LogP contribution is -2.15. The zero-order valence-corrected chi connectivity index (χ0v) is 11.6. The Bertz CT molecular complexity index is 863. The molecule has 2 N–H and O–H groups in total. The second kappa shape index (κ2) is 5.06. The van der Waals surface area contributed by atoms with E-state index in [4.69, 9.17) is 9.47 Å². The van der Waals surface area contributed by atoms with Gasteiger partial charge in [-0.2, -0.15) is 10.2 Å². The average molecular weight is 299 g/mol. The van der Waals surface area contributed by atoms with E-state index in [1.54, 1.807) is 10.9 Å². The third-order valence-electron chi connectivity index (χ3n) is 3.37. The third-order valence-corrected chi connectivity index (χ3v) is 3.37. The molecule has 2 aromatic heterocycles. The van der Waals surface area contributed by atoms with Gasteiger partial charge in [-0.25, -0.2) is 9.89 Å². The van der Waals surface area contributed by atoms with Gasteiger partial charge in [-0.05, 0) is 17.7 Å². The van der Waals surface area contributed by atoms with Crippen LogP contribution in [0, 0.1) is 0 Å². The van der Waals surface area contributed by atoms with Gasteiger partial charge in [0.2, 0.25) is 0 Å². The maximum absolute atomic E-state index is 11.0. The van der Waals surface area contributed by atoms with E-state index < -0.39 is 0 Å². The second-order valence-electron chi connectivity index (χ2n) is 4.91. The molecule has 0 spiro atoms. The average Bonchev–Trinajstić information content (AvgIpc) is 3.16. The molecule has 3 heterocycles. The van der Waals surface area contributed by atoms with Gasteiger partial charge in [0.05, 0.1) is 6.20 Å². The van der Waals surface area contributed by atoms with Crippen LogP contribution in [0.5, 0.6) is 11.5 Å². The molecule has 8 heteroatoms. The highest BCUT2D eigenvalue weighted by molar-refractivity contribution is 5.66. The van der Waals surface area contributed by atoms with Crippen molar-refractivity contribution in [3.8, 4) is 22.6 Å². The summed E-state index contributed by atoms with van der Waals surface area (Å²) in [5.74, 6) is 2.03. The molecule has 0 unspecified atom stereocenters. The SMILES string of the molecule is O=c1[nH]nc(Cn2cc(-c3ccc4c(c3)OCCO4)cn2)[nH]1. The van der Waals surface area contributed by atoms with Crippen LogP contribution in [-0.2, 0) is 6.54 Å². The summed E-state index contributed by atoms with van der Waals surface area (Å²) in [6, 6.07) is 5.80. The number of hydrogen-bond donors (Lipinski definition) is 2. The molecule has 3 aromatic rings. The maximum Gasteiger partial charge on any atom is 0.340 e. The Hall–Kier alpha value is -3.03. The van der Waals surface area contributed by atoms with Gasteiger partial charge in [0.1, 0.15) is 19.8 Å². The summed E-state index contributed by atoms with van der Waals surface area (Å²) in [5.41, 5.74) is 1.62. The van der Waals surface area contributed by atoms with Crippen molar-refractivity contribution in [3.63, 3.8) is 0 Å². The van der Waals surface area contributed by atoms with E-state index in [2.05, 4.69) is 20.3 Å². The van der Waals surface area contributed by atoms with Gasteiger partial charge < -0.3 is 9.47 Å². The molecule has 4 rings (SSSR count). The van der Waals surface area contributed by atoms with Crippen molar-refractivity contribution in [2.45, 2.75) is 6.54 Å². The van der Waals surface area contributed by atoms with Crippen molar-refractivity contribution in [2.75, 3.05) is 13.2 Å². The Labute approximate surface area is 124 Å². The molecule has 22 heavy (non-hydrogen) atoms. The molecule has 0 aliphatic carbocycles. The Kier molecular flexibility index (Phi) is 2.92. The van der Waals surface area contributed by atoms with Crippen LogP contribution in [0.1, 0.15) is 5.82 Å². The molecular weight excluding hydrogens is 286 g/mol. The van der Waals surface area contributed by atoms with Crippen molar-refractivity contribution >= 4 is 0 Å². The van der Waals surface area contributed by atoms with E-state index >= 15 is 0 Å². The summed E-state index contributed by atoms with van der Waals surface area (Å²) >= 11 is 0. The minimum Gasteiger partial charge on any atom is -0.486 e. The van der Waals surface area contributed by atoms with Gasteiger partial charge in [-0.15, -0.1) is 0 Å². The molecule has 0 bridgehead atoms. The van der Waals surface area contributed by atoms with Crippen LogP contribution in [-0.4, -0.2) is 38.2 Å². The Morgan fingerprint density at radius 1 is 1.18 bits per heavy atom. The first-order valence-corrected chi connectivity index (χ1v) is 6.84. The standard InChI is InChI=1S/C14H13N5O3/c20-14-16-13(17-18-14)8-19-7-10(6-15-19)9-1-2-11-12(5-9)22-4-3-21-11/h1-2,5-7H,3-4,8H2,(H2,16,17,18,20). The molecule has 0 amide bonds. The Morgan fingerprint density at radius 2 is 2.05 bits per heavy atom. The largest absolute Gasteiger partial charge is 0.486 e. The first kappa shape index (κ1) is 12.7. The number of nitrogens with one attached hydrogen (secondary N) is 2. The van der Waals surface area contributed by atoms with Crippen LogP contribution in [0.3, 0.4) is 0 Å². The molecule has 1 aromatic carbocycles. The lowest BCUT2D eigenvalue weighted by molar-refractivity contribution is 0.171. The summed E-state index contributed by atoms with van der Waals surface area (Å²) < 4.78 is 12.8. The lowest BCUT2D eigenvalue weighted by Gasteiger charge is -2.18. The van der Waals surface area contributed by atoms with E-state index in [1.165, 1.54) is 0 Å². The summed E-state index contributed by atoms with van der Waals surface area (Å²) in [7, 11) is 0. The number of ether oxygens (including phenoxy) is 2. The van der Waals surface area contributed by atoms with Crippen molar-refractivity contribution < 1.29 is 9.47 Å². The number of hydrogen-bond acceptors (Lipinski definition) is 5. The smallest absolute Gasteiger partial charge is 0.340 e. The normalized spacial score (nSPS) is 13.3. The molecule has 0 fully saturated rings. The van der Waals surface area contributed by atoms with Gasteiger partial charge in [-0.3, -0.25) is 9.67 Å². The Balaban J connectivity index is 1.59. The first-order valence-electron chi connectivity index (χ1n) is 6.84. The molecule has 8 nitrogen and oxygen atoms in total. The van der Waals surface area contributed by atoms with E-state index in [0.29, 0.717) is 25.6 Å². The van der Waals surface area contributed by atoms with Gasteiger partial charge in [0.25, 0.3) is 0 Å². The fourth-order valence-electron chi connectivity index (χ4n) is 2.36. The van der Waals surface area contributed by atoms with Crippen LogP contribution in [0.15, 0.2) is 35.4 Å². The van der Waals surface area contributed by atoms with Crippen molar-refractivity contribution in [1.82, 2.24) is 25.0 Å². The predicted molar refractivity (Wildman–Crippen MR) is 77.0 cm³/mol. The van der Waals surface area contributed by atoms with Crippen LogP contribution in [0.2, 0.25) is 0 Å². The number of rotatable bonds is 3. The first-order chi connectivity index (χ1) is 10.8. The quantitative estimate of drug-likeness (QED) is 0.745. The summed E-state index contributed by atoms with van der Waals surface area (Å²) in [4.78, 5) is 13.6. The summed E-state index contributed by atoms with van der Waals surface area (Å²) in [6.07, 6.45) is 3.65. The highest BCUT2D eigenvalue weighted by atomic mass is 16.6. The second-order valence-corrected chi connectivity index (χ2v) is 4.91. The van der Waals surface area contributed by atoms with Crippen molar-refractivity contribution in [1.29, 1.82) is 0 Å². The lowest BCUT2D eigenvalue weighted by atomic mass is 10.1. The van der Waals surface area contributed by atoms with E-state index in [9.17, 15) is 4.79 Å². The highest BCUT2D eigenvalue weighted by Crippen LogP contribution is 2.34. The number of H-pyrrole nitrogens is 2. The number of benzene rings is 1. The van der Waals surface area contributed by atoms with Crippen LogP contribution in [0.25, 0.3) is 11.1 Å². The minimum atomic E-state index is -0.325. The number of aromatic amines is 2. The fraction of sp³-hybridized carbons (Fsp3) is 0.214. The highest BCUT2D eigenvalue weighted by Gasteiger charge is 2.13. The molecule has 112 valence electrons. The third kappa shape index (κ3) is 2.34. The monoisotopic (exact) mass is 299 g/mol. The van der Waals surface area contributed by atoms with Crippen LogP contribution >= 0.6 is 0 Å². The fourth-order valence-corrected chi connectivity index (χ4v) is 2.36. The van der Waals surface area contributed by atoms with E-state index in [0.717, 1.165) is 22.6 Å². The number of nitrogens with zero attached hydrogens (tertiary/aromatic N) is 3. The zero-order chi connectivity index (χ0) is 14.9. The molecule has 0 saturated carbocycles. The van der Waals surface area contributed by atoms with Gasteiger partial charge in [-0.1, -0.05) is 6.07 Å². The van der Waals surface area contributed by atoms with Gasteiger partial charge in [0, 0.05) is 11.8 Å². The van der Waals surface area contributed by atoms with Crippen molar-refractivity contribution in [2.24, 2.45) is 0 Å². The molecule has 0 radical (unpaired) electrons. The topological polar surface area (TPSA) is 97.8 Å².